The van der Waals surface area contributed by atoms with Crippen molar-refractivity contribution >= 4 is 22.8 Å². The van der Waals surface area contributed by atoms with Gasteiger partial charge in [-0.3, -0.25) is 4.79 Å². The van der Waals surface area contributed by atoms with Crippen LogP contribution in [0, 0.1) is 0 Å². The molecule has 1 heterocycles. The third-order valence-electron chi connectivity index (χ3n) is 4.85. The van der Waals surface area contributed by atoms with E-state index in [2.05, 4.69) is 4.74 Å². The minimum Gasteiger partial charge on any atom is -0.434 e. The molecule has 0 N–H and O–H groups in total. The summed E-state index contributed by atoms with van der Waals surface area (Å²) >= 11 is 1.60. The maximum absolute atomic E-state index is 13.0. The minimum absolute atomic E-state index is 0.0428. The SMILES string of the molecule is O=C(Cn1c2c(sc1=Nc1ccccc1)CCCC2)c1ccccc1OC(F)F. The number of aromatic nitrogens is 1. The second-order valence-electron chi connectivity index (χ2n) is 6.79. The van der Waals surface area contributed by atoms with Gasteiger partial charge in [0.05, 0.1) is 17.8 Å². The average molecular weight is 414 g/mol. The standard InChI is InChI=1S/C22H20F2N2O2S/c23-21(24)28-19-12-6-4-10-16(19)18(27)14-26-17-11-5-7-13-20(17)29-22(26)25-15-8-2-1-3-9-15/h1-4,6,8-10,12,21H,5,7,11,13-14H2. The zero-order valence-corrected chi connectivity index (χ0v) is 16.5. The number of ether oxygens (including phenoxy) is 1. The first kappa shape index (κ1) is 19.5. The first-order valence-electron chi connectivity index (χ1n) is 9.50. The smallest absolute Gasteiger partial charge is 0.387 e. The maximum atomic E-state index is 13.0. The number of thiazole rings is 1. The number of fused-ring (bicyclic) bond motifs is 1. The molecular formula is C22H20F2N2O2S. The number of para-hydroxylation sites is 2. The van der Waals surface area contributed by atoms with Crippen molar-refractivity contribution in [3.8, 4) is 5.75 Å². The number of hydrogen-bond donors (Lipinski definition) is 0. The van der Waals surface area contributed by atoms with E-state index in [1.165, 1.54) is 17.0 Å². The van der Waals surface area contributed by atoms with E-state index in [-0.39, 0.29) is 23.6 Å². The topological polar surface area (TPSA) is 43.6 Å². The van der Waals surface area contributed by atoms with Gasteiger partial charge < -0.3 is 9.30 Å². The Morgan fingerprint density at radius 2 is 1.79 bits per heavy atom. The zero-order chi connectivity index (χ0) is 20.2. The highest BCUT2D eigenvalue weighted by Crippen LogP contribution is 2.26. The maximum Gasteiger partial charge on any atom is 0.387 e. The Labute approximate surface area is 171 Å². The highest BCUT2D eigenvalue weighted by molar-refractivity contribution is 7.09. The number of alkyl halides is 2. The van der Waals surface area contributed by atoms with Crippen LogP contribution in [0.25, 0.3) is 0 Å². The van der Waals surface area contributed by atoms with Gasteiger partial charge >= 0.3 is 6.61 Å². The van der Waals surface area contributed by atoms with Crippen LogP contribution in [0.3, 0.4) is 0 Å². The third kappa shape index (κ3) is 4.45. The Kier molecular flexibility index (Phi) is 5.85. The summed E-state index contributed by atoms with van der Waals surface area (Å²) in [5.41, 5.74) is 2.09. The normalized spacial score (nSPS) is 14.1. The summed E-state index contributed by atoms with van der Waals surface area (Å²) < 4.78 is 31.9. The molecule has 0 unspecified atom stereocenters. The van der Waals surface area contributed by atoms with Crippen LogP contribution >= 0.6 is 11.3 Å². The van der Waals surface area contributed by atoms with Crippen LogP contribution in [-0.2, 0) is 19.4 Å². The largest absolute Gasteiger partial charge is 0.434 e. The molecule has 1 aromatic heterocycles. The molecule has 4 rings (SSSR count). The molecule has 29 heavy (non-hydrogen) atoms. The molecule has 7 heteroatoms. The van der Waals surface area contributed by atoms with Gasteiger partial charge in [0.1, 0.15) is 5.75 Å². The number of benzene rings is 2. The van der Waals surface area contributed by atoms with Gasteiger partial charge in [-0.05, 0) is 49.9 Å². The first-order chi connectivity index (χ1) is 14.1. The summed E-state index contributed by atoms with van der Waals surface area (Å²) in [6.45, 7) is -2.93. The second-order valence-corrected chi connectivity index (χ2v) is 7.86. The molecule has 0 radical (unpaired) electrons. The molecule has 1 aliphatic carbocycles. The van der Waals surface area contributed by atoms with E-state index in [9.17, 15) is 13.6 Å². The molecule has 0 saturated heterocycles. The molecule has 0 fully saturated rings. The summed E-state index contributed by atoms with van der Waals surface area (Å²) in [5, 5.41) is 0. The van der Waals surface area contributed by atoms with Gasteiger partial charge in [-0.15, -0.1) is 11.3 Å². The lowest BCUT2D eigenvalue weighted by Crippen LogP contribution is -2.24. The second kappa shape index (κ2) is 8.69. The van der Waals surface area contributed by atoms with Gasteiger partial charge in [0.15, 0.2) is 10.6 Å². The molecule has 0 atom stereocenters. The Morgan fingerprint density at radius 3 is 2.59 bits per heavy atom. The average Bonchev–Trinajstić information content (AvgIpc) is 3.06. The molecule has 0 amide bonds. The quantitative estimate of drug-likeness (QED) is 0.524. The van der Waals surface area contributed by atoms with E-state index in [4.69, 9.17) is 4.99 Å². The van der Waals surface area contributed by atoms with Gasteiger partial charge in [0.25, 0.3) is 0 Å². The van der Waals surface area contributed by atoms with Crippen molar-refractivity contribution in [2.24, 2.45) is 4.99 Å². The molecule has 0 aliphatic heterocycles. The number of Topliss-reactive ketones (excluding diaryl/α,β-unsaturated/α-hetero) is 1. The van der Waals surface area contributed by atoms with Crippen molar-refractivity contribution in [3.05, 3.63) is 75.5 Å². The lowest BCUT2D eigenvalue weighted by Gasteiger charge is -2.15. The van der Waals surface area contributed by atoms with Crippen LogP contribution in [0.4, 0.5) is 14.5 Å². The van der Waals surface area contributed by atoms with Gasteiger partial charge in [-0.2, -0.15) is 8.78 Å². The molecule has 1 aliphatic rings. The van der Waals surface area contributed by atoms with Crippen LogP contribution in [0.5, 0.6) is 5.75 Å². The fourth-order valence-corrected chi connectivity index (χ4v) is 4.75. The van der Waals surface area contributed by atoms with Crippen molar-refractivity contribution in [2.75, 3.05) is 0 Å². The first-order valence-corrected chi connectivity index (χ1v) is 10.3. The fraction of sp³-hybridized carbons (Fsp3) is 0.273. The zero-order valence-electron chi connectivity index (χ0n) is 15.7. The van der Waals surface area contributed by atoms with Crippen molar-refractivity contribution in [2.45, 2.75) is 38.8 Å². The van der Waals surface area contributed by atoms with Gasteiger partial charge in [0.2, 0.25) is 0 Å². The van der Waals surface area contributed by atoms with Crippen LogP contribution in [0.2, 0.25) is 0 Å². The van der Waals surface area contributed by atoms with Crippen molar-refractivity contribution in [1.29, 1.82) is 0 Å². The number of ketones is 1. The molecular weight excluding hydrogens is 394 g/mol. The summed E-state index contributed by atoms with van der Waals surface area (Å²) in [5.74, 6) is -0.374. The van der Waals surface area contributed by atoms with Crippen LogP contribution in [0.15, 0.2) is 59.6 Å². The van der Waals surface area contributed by atoms with E-state index < -0.39 is 6.61 Å². The highest BCUT2D eigenvalue weighted by Gasteiger charge is 2.21. The molecule has 2 aromatic carbocycles. The Bertz CT molecular complexity index is 1070. The number of halogens is 2. The lowest BCUT2D eigenvalue weighted by atomic mass is 10.0. The van der Waals surface area contributed by atoms with Crippen molar-refractivity contribution in [1.82, 2.24) is 4.57 Å². The number of rotatable bonds is 6. The van der Waals surface area contributed by atoms with E-state index in [0.29, 0.717) is 0 Å². The summed E-state index contributed by atoms with van der Waals surface area (Å²) in [6, 6.07) is 15.7. The monoisotopic (exact) mass is 414 g/mol. The van der Waals surface area contributed by atoms with Gasteiger partial charge in [-0.25, -0.2) is 4.99 Å². The van der Waals surface area contributed by atoms with Crippen molar-refractivity contribution in [3.63, 3.8) is 0 Å². The summed E-state index contributed by atoms with van der Waals surface area (Å²) in [4.78, 5) is 19.8. The van der Waals surface area contributed by atoms with Crippen LogP contribution < -0.4 is 9.54 Å². The van der Waals surface area contributed by atoms with E-state index in [0.717, 1.165) is 41.9 Å². The molecule has 4 nitrogen and oxygen atoms in total. The predicted octanol–water partition coefficient (Wildman–Crippen LogP) is 5.15. The Hall–Kier alpha value is -2.80. The molecule has 0 bridgehead atoms. The summed E-state index contributed by atoms with van der Waals surface area (Å²) in [7, 11) is 0. The highest BCUT2D eigenvalue weighted by atomic mass is 32.1. The number of hydrogen-bond acceptors (Lipinski definition) is 4. The number of nitrogens with zero attached hydrogens (tertiary/aromatic N) is 2. The minimum atomic E-state index is -2.98. The lowest BCUT2D eigenvalue weighted by molar-refractivity contribution is -0.0501. The van der Waals surface area contributed by atoms with Crippen LogP contribution in [-0.4, -0.2) is 17.0 Å². The van der Waals surface area contributed by atoms with Gasteiger partial charge in [-0.1, -0.05) is 30.3 Å². The molecule has 0 saturated carbocycles. The third-order valence-corrected chi connectivity index (χ3v) is 6.03. The molecule has 0 spiro atoms. The Balaban J connectivity index is 1.73. The van der Waals surface area contributed by atoms with Crippen molar-refractivity contribution < 1.29 is 18.3 Å². The predicted molar refractivity (Wildman–Crippen MR) is 108 cm³/mol. The van der Waals surface area contributed by atoms with Crippen LogP contribution in [0.1, 0.15) is 33.8 Å². The van der Waals surface area contributed by atoms with E-state index in [1.807, 2.05) is 34.9 Å². The fourth-order valence-electron chi connectivity index (χ4n) is 3.52. The molecule has 3 aromatic rings. The number of carbonyl (C=O) groups is 1. The number of carbonyl (C=O) groups excluding carboxylic acids is 1. The molecule has 150 valence electrons. The summed E-state index contributed by atoms with van der Waals surface area (Å²) in [6.07, 6.45) is 4.05. The number of aryl methyl sites for hydroxylation is 1. The van der Waals surface area contributed by atoms with E-state index >= 15 is 0 Å². The Morgan fingerprint density at radius 1 is 1.07 bits per heavy atom. The van der Waals surface area contributed by atoms with Gasteiger partial charge in [0, 0.05) is 10.6 Å². The van der Waals surface area contributed by atoms with E-state index in [1.54, 1.807) is 23.5 Å².